The van der Waals surface area contributed by atoms with Crippen molar-refractivity contribution in [3.63, 3.8) is 0 Å². The van der Waals surface area contributed by atoms with Crippen LogP contribution in [0, 0.1) is 6.92 Å². The van der Waals surface area contributed by atoms with Crippen LogP contribution in [0.4, 0.5) is 0 Å². The van der Waals surface area contributed by atoms with Crippen molar-refractivity contribution in [1.82, 2.24) is 14.1 Å². The first-order valence-electron chi connectivity index (χ1n) is 6.37. The van der Waals surface area contributed by atoms with Crippen LogP contribution < -0.4 is 5.69 Å². The lowest BCUT2D eigenvalue weighted by Crippen LogP contribution is -2.20. The lowest BCUT2D eigenvalue weighted by Gasteiger charge is -2.03. The van der Waals surface area contributed by atoms with Crippen LogP contribution in [-0.2, 0) is 7.05 Å². The number of imidazole rings is 1. The third-order valence-corrected chi connectivity index (χ3v) is 3.46. The van der Waals surface area contributed by atoms with E-state index < -0.39 is 5.97 Å². The summed E-state index contributed by atoms with van der Waals surface area (Å²) in [5, 5.41) is 9.05. The number of carbonyl (C=O) groups is 1. The van der Waals surface area contributed by atoms with E-state index in [4.69, 9.17) is 5.11 Å². The number of rotatable bonds is 2. The van der Waals surface area contributed by atoms with Gasteiger partial charge in [0.2, 0.25) is 0 Å². The van der Waals surface area contributed by atoms with Gasteiger partial charge in [0.25, 0.3) is 0 Å². The Kier molecular flexibility index (Phi) is 2.86. The van der Waals surface area contributed by atoms with Crippen LogP contribution in [0.5, 0.6) is 0 Å². The van der Waals surface area contributed by atoms with E-state index in [2.05, 4.69) is 4.98 Å². The topological polar surface area (TPSA) is 77.1 Å². The smallest absolute Gasteiger partial charge is 0.335 e. The molecule has 0 aliphatic heterocycles. The molecule has 1 aromatic carbocycles. The molecule has 6 heteroatoms. The van der Waals surface area contributed by atoms with Crippen molar-refractivity contribution in [1.29, 1.82) is 0 Å². The van der Waals surface area contributed by atoms with Gasteiger partial charge in [0.1, 0.15) is 0 Å². The number of aryl methyl sites for hydroxylation is 2. The normalized spacial score (nSPS) is 11.0. The average molecular weight is 283 g/mol. The maximum atomic E-state index is 12.4. The van der Waals surface area contributed by atoms with Gasteiger partial charge in [-0.2, -0.15) is 0 Å². The van der Waals surface area contributed by atoms with E-state index in [1.807, 2.05) is 19.1 Å². The van der Waals surface area contributed by atoms with Crippen LogP contribution in [0.25, 0.3) is 16.7 Å². The molecule has 0 aliphatic carbocycles. The molecule has 0 fully saturated rings. The molecule has 106 valence electrons. The van der Waals surface area contributed by atoms with E-state index in [1.165, 1.54) is 21.3 Å². The number of nitrogens with zero attached hydrogens (tertiary/aromatic N) is 3. The highest BCUT2D eigenvalue weighted by molar-refractivity contribution is 5.92. The Morgan fingerprint density at radius 3 is 2.57 bits per heavy atom. The standard InChI is InChI=1S/C15H13N3O3/c1-9-3-5-11(8-16-9)18-12-6-4-10(14(19)20)7-13(12)17(2)15(18)21/h3-8H,1-2H3,(H,19,20). The fraction of sp³-hybridized carbons (Fsp3) is 0.133. The molecule has 6 nitrogen and oxygen atoms in total. The molecule has 3 aromatic rings. The van der Waals surface area contributed by atoms with Gasteiger partial charge in [0, 0.05) is 12.7 Å². The molecule has 0 atom stereocenters. The molecule has 2 aromatic heterocycles. The Hall–Kier alpha value is -2.89. The van der Waals surface area contributed by atoms with Crippen molar-refractivity contribution in [2.24, 2.45) is 7.05 Å². The van der Waals surface area contributed by atoms with Gasteiger partial charge in [-0.1, -0.05) is 0 Å². The van der Waals surface area contributed by atoms with E-state index in [1.54, 1.807) is 19.3 Å². The molecule has 0 saturated heterocycles. The van der Waals surface area contributed by atoms with Crippen molar-refractivity contribution in [2.75, 3.05) is 0 Å². The number of carboxylic acid groups (broad SMARTS) is 1. The van der Waals surface area contributed by atoms with Crippen molar-refractivity contribution < 1.29 is 9.90 Å². The Bertz CT molecular complexity index is 904. The minimum absolute atomic E-state index is 0.150. The molecular formula is C15H13N3O3. The second-order valence-electron chi connectivity index (χ2n) is 4.84. The number of hydrogen-bond donors (Lipinski definition) is 1. The fourth-order valence-electron chi connectivity index (χ4n) is 2.31. The maximum Gasteiger partial charge on any atom is 0.335 e. The van der Waals surface area contributed by atoms with Crippen molar-refractivity contribution >= 4 is 17.0 Å². The second kappa shape index (κ2) is 4.59. The number of benzene rings is 1. The summed E-state index contributed by atoms with van der Waals surface area (Å²) in [5.74, 6) is -1.02. The Labute approximate surface area is 119 Å². The van der Waals surface area contributed by atoms with E-state index in [0.29, 0.717) is 16.7 Å². The molecule has 0 radical (unpaired) electrons. The quantitative estimate of drug-likeness (QED) is 0.777. The highest BCUT2D eigenvalue weighted by atomic mass is 16.4. The molecule has 3 rings (SSSR count). The van der Waals surface area contributed by atoms with Gasteiger partial charge in [-0.05, 0) is 37.3 Å². The van der Waals surface area contributed by atoms with Gasteiger partial charge in [0.05, 0.1) is 28.5 Å². The number of pyridine rings is 1. The molecule has 2 heterocycles. The molecule has 21 heavy (non-hydrogen) atoms. The predicted octanol–water partition coefficient (Wildman–Crippen LogP) is 1.73. The van der Waals surface area contributed by atoms with Gasteiger partial charge >= 0.3 is 11.7 Å². The molecule has 0 bridgehead atoms. The van der Waals surface area contributed by atoms with Crippen LogP contribution in [-0.4, -0.2) is 25.2 Å². The van der Waals surface area contributed by atoms with E-state index in [0.717, 1.165) is 5.69 Å². The summed E-state index contributed by atoms with van der Waals surface area (Å²) < 4.78 is 2.95. The highest BCUT2D eigenvalue weighted by Gasteiger charge is 2.14. The lowest BCUT2D eigenvalue weighted by molar-refractivity contribution is 0.0697. The van der Waals surface area contributed by atoms with Crippen LogP contribution in [0.2, 0.25) is 0 Å². The van der Waals surface area contributed by atoms with Gasteiger partial charge in [-0.15, -0.1) is 0 Å². The monoisotopic (exact) mass is 283 g/mol. The minimum atomic E-state index is -1.02. The molecule has 0 unspecified atom stereocenters. The Balaban J connectivity index is 2.33. The lowest BCUT2D eigenvalue weighted by atomic mass is 10.2. The first kappa shape index (κ1) is 13.1. The van der Waals surface area contributed by atoms with E-state index in [9.17, 15) is 9.59 Å². The zero-order valence-electron chi connectivity index (χ0n) is 11.6. The summed E-state index contributed by atoms with van der Waals surface area (Å²) in [6, 6.07) is 8.26. The Morgan fingerprint density at radius 2 is 1.95 bits per heavy atom. The maximum absolute atomic E-state index is 12.4. The molecule has 0 aliphatic rings. The zero-order chi connectivity index (χ0) is 15.1. The number of hydrogen-bond acceptors (Lipinski definition) is 3. The largest absolute Gasteiger partial charge is 0.478 e. The first-order chi connectivity index (χ1) is 9.99. The van der Waals surface area contributed by atoms with Crippen molar-refractivity contribution in [3.8, 4) is 5.69 Å². The summed E-state index contributed by atoms with van der Waals surface area (Å²) in [6.07, 6.45) is 1.63. The summed E-state index contributed by atoms with van der Waals surface area (Å²) >= 11 is 0. The molecule has 1 N–H and O–H groups in total. The summed E-state index contributed by atoms with van der Waals surface area (Å²) in [6.45, 7) is 1.87. The molecule has 0 amide bonds. The average Bonchev–Trinajstić information content (AvgIpc) is 2.72. The number of carboxylic acids is 1. The van der Waals surface area contributed by atoms with Gasteiger partial charge in [0.15, 0.2) is 0 Å². The van der Waals surface area contributed by atoms with E-state index in [-0.39, 0.29) is 11.3 Å². The third-order valence-electron chi connectivity index (χ3n) is 3.46. The molecular weight excluding hydrogens is 270 g/mol. The molecule has 0 spiro atoms. The number of aromatic nitrogens is 3. The highest BCUT2D eigenvalue weighted by Crippen LogP contribution is 2.18. The minimum Gasteiger partial charge on any atom is -0.478 e. The summed E-state index contributed by atoms with van der Waals surface area (Å²) in [5.41, 5.74) is 2.65. The van der Waals surface area contributed by atoms with E-state index >= 15 is 0 Å². The number of aromatic carboxylic acids is 1. The van der Waals surface area contributed by atoms with Gasteiger partial charge < -0.3 is 5.11 Å². The number of fused-ring (bicyclic) bond motifs is 1. The third kappa shape index (κ3) is 2.01. The Morgan fingerprint density at radius 1 is 1.19 bits per heavy atom. The van der Waals surface area contributed by atoms with Crippen LogP contribution in [0.3, 0.4) is 0 Å². The van der Waals surface area contributed by atoms with Crippen LogP contribution in [0.15, 0.2) is 41.3 Å². The van der Waals surface area contributed by atoms with Crippen LogP contribution >= 0.6 is 0 Å². The van der Waals surface area contributed by atoms with Gasteiger partial charge in [-0.3, -0.25) is 14.1 Å². The molecule has 0 saturated carbocycles. The van der Waals surface area contributed by atoms with Gasteiger partial charge in [-0.25, -0.2) is 9.59 Å². The summed E-state index contributed by atoms with van der Waals surface area (Å²) in [4.78, 5) is 27.7. The van der Waals surface area contributed by atoms with Crippen molar-refractivity contribution in [2.45, 2.75) is 6.92 Å². The first-order valence-corrected chi connectivity index (χ1v) is 6.37. The van der Waals surface area contributed by atoms with Crippen molar-refractivity contribution in [3.05, 3.63) is 58.3 Å². The zero-order valence-corrected chi connectivity index (χ0v) is 11.6. The fourth-order valence-corrected chi connectivity index (χ4v) is 2.31. The predicted molar refractivity (Wildman–Crippen MR) is 78.0 cm³/mol. The SMILES string of the molecule is Cc1ccc(-n2c(=O)n(C)c3cc(C(=O)O)ccc32)cn1. The summed E-state index contributed by atoms with van der Waals surface area (Å²) in [7, 11) is 1.62. The van der Waals surface area contributed by atoms with Crippen LogP contribution in [0.1, 0.15) is 16.1 Å². The second-order valence-corrected chi connectivity index (χ2v) is 4.84.